The minimum absolute atomic E-state index is 0.0490. The van der Waals surface area contributed by atoms with Crippen molar-refractivity contribution in [1.82, 2.24) is 19.9 Å². The molecular formula is C27H26N6O2. The second-order valence-corrected chi connectivity index (χ2v) is 8.93. The molecular weight excluding hydrogens is 440 g/mol. The van der Waals surface area contributed by atoms with E-state index in [0.717, 1.165) is 35.0 Å². The summed E-state index contributed by atoms with van der Waals surface area (Å²) in [5, 5.41) is 16.7. The third-order valence-corrected chi connectivity index (χ3v) is 6.11. The molecule has 0 radical (unpaired) electrons. The quantitative estimate of drug-likeness (QED) is 0.362. The van der Waals surface area contributed by atoms with Crippen LogP contribution < -0.4 is 15.4 Å². The van der Waals surface area contributed by atoms with E-state index in [1.54, 1.807) is 18.5 Å². The van der Waals surface area contributed by atoms with Crippen LogP contribution in [0.4, 0.5) is 10.5 Å². The van der Waals surface area contributed by atoms with E-state index in [9.17, 15) is 10.1 Å². The Hall–Kier alpha value is -4.38. The van der Waals surface area contributed by atoms with Gasteiger partial charge in [0.2, 0.25) is 0 Å². The van der Waals surface area contributed by atoms with Crippen LogP contribution in [0, 0.1) is 11.3 Å². The Kier molecular flexibility index (Phi) is 6.06. The molecule has 0 aliphatic heterocycles. The maximum absolute atomic E-state index is 12.1. The lowest BCUT2D eigenvalue weighted by atomic mass is 9.92. The molecule has 2 amide bonds. The molecule has 1 fully saturated rings. The number of carbonyl (C=O) groups excluding carboxylic acids is 1. The molecule has 0 bridgehead atoms. The molecule has 0 spiro atoms. The Morgan fingerprint density at radius 3 is 2.51 bits per heavy atom. The van der Waals surface area contributed by atoms with Crippen LogP contribution in [-0.2, 0) is 0 Å². The topological polar surface area (TPSA) is 105 Å². The maximum Gasteiger partial charge on any atom is 0.321 e. The van der Waals surface area contributed by atoms with Crippen molar-refractivity contribution in [3.8, 4) is 29.1 Å². The molecule has 2 heterocycles. The second-order valence-electron chi connectivity index (χ2n) is 8.93. The first kappa shape index (κ1) is 22.4. The Morgan fingerprint density at radius 1 is 1.14 bits per heavy atom. The fourth-order valence-corrected chi connectivity index (χ4v) is 4.36. The van der Waals surface area contributed by atoms with E-state index in [2.05, 4.69) is 31.2 Å². The SMILES string of the molecule is CC(C)NC(=O)Nc1ccc(-c2c(C#N)c3cc(Oc4ncccn4)ccc3n2C2CCC2)cc1. The van der Waals surface area contributed by atoms with Gasteiger partial charge in [-0.25, -0.2) is 14.8 Å². The zero-order valence-corrected chi connectivity index (χ0v) is 19.7. The third kappa shape index (κ3) is 4.53. The van der Waals surface area contributed by atoms with Crippen molar-refractivity contribution < 1.29 is 9.53 Å². The second kappa shape index (κ2) is 9.47. The summed E-state index contributed by atoms with van der Waals surface area (Å²) in [6.07, 6.45) is 6.57. The van der Waals surface area contributed by atoms with Crippen LogP contribution in [0.5, 0.6) is 11.8 Å². The van der Waals surface area contributed by atoms with Crippen molar-refractivity contribution >= 4 is 22.6 Å². The Labute approximate surface area is 203 Å². The van der Waals surface area contributed by atoms with Gasteiger partial charge in [0.15, 0.2) is 0 Å². The predicted octanol–water partition coefficient (Wildman–Crippen LogP) is 6.02. The van der Waals surface area contributed by atoms with E-state index in [1.165, 1.54) is 6.42 Å². The van der Waals surface area contributed by atoms with Gasteiger partial charge in [-0.05, 0) is 75.1 Å². The lowest BCUT2D eigenvalue weighted by molar-refractivity contribution is 0.250. The zero-order valence-electron chi connectivity index (χ0n) is 19.7. The van der Waals surface area contributed by atoms with E-state index < -0.39 is 0 Å². The van der Waals surface area contributed by atoms with Gasteiger partial charge in [0.25, 0.3) is 0 Å². The number of hydrogen-bond acceptors (Lipinski definition) is 5. The van der Waals surface area contributed by atoms with Crippen molar-refractivity contribution in [2.45, 2.75) is 45.2 Å². The molecule has 2 N–H and O–H groups in total. The summed E-state index contributed by atoms with van der Waals surface area (Å²) >= 11 is 0. The molecule has 1 saturated carbocycles. The molecule has 2 aromatic carbocycles. The summed E-state index contributed by atoms with van der Waals surface area (Å²) in [6, 6.07) is 18.0. The zero-order chi connectivity index (χ0) is 24.4. The van der Waals surface area contributed by atoms with Gasteiger partial charge in [-0.2, -0.15) is 5.26 Å². The van der Waals surface area contributed by atoms with Crippen molar-refractivity contribution in [1.29, 1.82) is 5.26 Å². The molecule has 2 aromatic heterocycles. The largest absolute Gasteiger partial charge is 0.424 e. The van der Waals surface area contributed by atoms with E-state index in [1.807, 2.05) is 56.3 Å². The first-order valence-corrected chi connectivity index (χ1v) is 11.7. The number of fused-ring (bicyclic) bond motifs is 1. The van der Waals surface area contributed by atoms with Crippen LogP contribution in [0.3, 0.4) is 0 Å². The normalized spacial score (nSPS) is 13.3. The summed E-state index contributed by atoms with van der Waals surface area (Å²) < 4.78 is 8.12. The highest BCUT2D eigenvalue weighted by atomic mass is 16.5. The van der Waals surface area contributed by atoms with Crippen LogP contribution in [0.15, 0.2) is 60.9 Å². The monoisotopic (exact) mass is 466 g/mol. The molecule has 176 valence electrons. The summed E-state index contributed by atoms with van der Waals surface area (Å²) in [6.45, 7) is 3.82. The van der Waals surface area contributed by atoms with Crippen molar-refractivity contribution in [3.05, 3.63) is 66.5 Å². The van der Waals surface area contributed by atoms with E-state index in [-0.39, 0.29) is 18.1 Å². The van der Waals surface area contributed by atoms with Crippen molar-refractivity contribution in [2.24, 2.45) is 0 Å². The number of nitrogens with one attached hydrogen (secondary N) is 2. The summed E-state index contributed by atoms with van der Waals surface area (Å²) in [4.78, 5) is 20.3. The van der Waals surface area contributed by atoms with Gasteiger partial charge in [-0.3, -0.25) is 0 Å². The van der Waals surface area contributed by atoms with Crippen LogP contribution >= 0.6 is 0 Å². The standard InChI is InChI=1S/C27H26N6O2/c1-17(2)31-26(34)32-19-9-7-18(8-10-19)25-23(16-28)22-15-21(35-27-29-13-4-14-30-27)11-12-24(22)33(25)20-5-3-6-20/h4,7-15,17,20H,3,5-6H2,1-2H3,(H2,31,32,34). The maximum atomic E-state index is 12.1. The van der Waals surface area contributed by atoms with Crippen molar-refractivity contribution in [3.63, 3.8) is 0 Å². The molecule has 8 nitrogen and oxygen atoms in total. The molecule has 0 saturated heterocycles. The number of nitrogens with zero attached hydrogens (tertiary/aromatic N) is 4. The molecule has 1 aliphatic carbocycles. The molecule has 35 heavy (non-hydrogen) atoms. The molecule has 4 aromatic rings. The predicted molar refractivity (Wildman–Crippen MR) is 134 cm³/mol. The third-order valence-electron chi connectivity index (χ3n) is 6.11. The van der Waals surface area contributed by atoms with Gasteiger partial charge in [-0.1, -0.05) is 12.1 Å². The first-order valence-electron chi connectivity index (χ1n) is 11.7. The number of anilines is 1. The Bertz CT molecular complexity index is 1400. The first-order chi connectivity index (χ1) is 17.0. The lowest BCUT2D eigenvalue weighted by Gasteiger charge is -2.30. The Morgan fingerprint density at radius 2 is 1.89 bits per heavy atom. The number of nitriles is 1. The number of carbonyl (C=O) groups is 1. The molecule has 5 rings (SSSR count). The smallest absolute Gasteiger partial charge is 0.321 e. The van der Waals surface area contributed by atoms with Crippen molar-refractivity contribution in [2.75, 3.05) is 5.32 Å². The highest BCUT2D eigenvalue weighted by molar-refractivity contribution is 5.96. The fraction of sp³-hybridized carbons (Fsp3) is 0.259. The molecule has 0 unspecified atom stereocenters. The highest BCUT2D eigenvalue weighted by Crippen LogP contribution is 2.43. The van der Waals surface area contributed by atoms with Crippen LogP contribution in [0.25, 0.3) is 22.2 Å². The van der Waals surface area contributed by atoms with Crippen LogP contribution in [-0.4, -0.2) is 26.6 Å². The summed E-state index contributed by atoms with van der Waals surface area (Å²) in [7, 11) is 0. The van der Waals surface area contributed by atoms with E-state index in [0.29, 0.717) is 23.0 Å². The number of ether oxygens (including phenoxy) is 1. The molecule has 1 aliphatic rings. The number of urea groups is 1. The number of rotatable bonds is 6. The number of amides is 2. The van der Waals surface area contributed by atoms with E-state index in [4.69, 9.17) is 4.74 Å². The van der Waals surface area contributed by atoms with Gasteiger partial charge >= 0.3 is 12.0 Å². The minimum Gasteiger partial charge on any atom is -0.424 e. The van der Waals surface area contributed by atoms with Gasteiger partial charge < -0.3 is 19.9 Å². The number of hydrogen-bond donors (Lipinski definition) is 2. The highest BCUT2D eigenvalue weighted by Gasteiger charge is 2.28. The number of benzene rings is 2. The van der Waals surface area contributed by atoms with Gasteiger partial charge in [0.05, 0.1) is 16.8 Å². The fourth-order valence-electron chi connectivity index (χ4n) is 4.36. The number of aromatic nitrogens is 3. The van der Waals surface area contributed by atoms with Gasteiger partial charge in [0, 0.05) is 35.6 Å². The minimum atomic E-state index is -0.246. The van der Waals surface area contributed by atoms with Gasteiger partial charge in [-0.15, -0.1) is 0 Å². The van der Waals surface area contributed by atoms with Crippen LogP contribution in [0.2, 0.25) is 0 Å². The summed E-state index contributed by atoms with van der Waals surface area (Å²) in [5.41, 5.74) is 4.10. The van der Waals surface area contributed by atoms with E-state index >= 15 is 0 Å². The average Bonchev–Trinajstić information content (AvgIpc) is 3.12. The Balaban J connectivity index is 1.55. The molecule has 0 atom stereocenters. The van der Waals surface area contributed by atoms with Crippen LogP contribution in [0.1, 0.15) is 44.7 Å². The lowest BCUT2D eigenvalue weighted by Crippen LogP contribution is -2.34. The van der Waals surface area contributed by atoms with Gasteiger partial charge in [0.1, 0.15) is 11.8 Å². The summed E-state index contributed by atoms with van der Waals surface area (Å²) in [5.74, 6) is 0.577. The average molecular weight is 467 g/mol. The molecule has 8 heteroatoms.